The van der Waals surface area contributed by atoms with Crippen LogP contribution in [-0.4, -0.2) is 15.8 Å². The number of hydrogen-bond donors (Lipinski definition) is 2. The molecule has 2 N–H and O–H groups in total. The lowest BCUT2D eigenvalue weighted by Crippen LogP contribution is -2.29. The molecule has 0 aliphatic carbocycles. The van der Waals surface area contributed by atoms with Crippen molar-refractivity contribution >= 4 is 23.0 Å². The van der Waals surface area contributed by atoms with Gasteiger partial charge in [0.05, 0.1) is 15.9 Å². The predicted molar refractivity (Wildman–Crippen MR) is 96.0 cm³/mol. The number of rotatable bonds is 5. The number of nitro groups is 2. The van der Waals surface area contributed by atoms with Gasteiger partial charge in [0.25, 0.3) is 11.6 Å². The Labute approximate surface area is 149 Å². The van der Waals surface area contributed by atoms with Crippen LogP contribution in [0.1, 0.15) is 36.7 Å². The number of amides is 1. The summed E-state index contributed by atoms with van der Waals surface area (Å²) in [4.78, 5) is 32.5. The minimum Gasteiger partial charge on any atom is -0.292 e. The second-order valence-corrected chi connectivity index (χ2v) is 6.62. The van der Waals surface area contributed by atoms with Crippen LogP contribution in [0.3, 0.4) is 0 Å². The van der Waals surface area contributed by atoms with Crippen molar-refractivity contribution in [2.45, 2.75) is 26.2 Å². The highest BCUT2D eigenvalue weighted by Crippen LogP contribution is 2.28. The molecule has 0 aliphatic heterocycles. The Kier molecular flexibility index (Phi) is 5.20. The number of hydrazine groups is 1. The molecule has 0 unspecified atom stereocenters. The summed E-state index contributed by atoms with van der Waals surface area (Å²) < 4.78 is 0. The van der Waals surface area contributed by atoms with E-state index >= 15 is 0 Å². The summed E-state index contributed by atoms with van der Waals surface area (Å²) >= 11 is 0. The molecule has 0 spiro atoms. The zero-order valence-electron chi connectivity index (χ0n) is 14.5. The summed E-state index contributed by atoms with van der Waals surface area (Å²) in [6.45, 7) is 6.16. The van der Waals surface area contributed by atoms with E-state index in [0.717, 1.165) is 17.7 Å². The van der Waals surface area contributed by atoms with Crippen LogP contribution in [0.5, 0.6) is 0 Å². The van der Waals surface area contributed by atoms with Crippen LogP contribution in [0.25, 0.3) is 0 Å². The Morgan fingerprint density at radius 1 is 0.962 bits per heavy atom. The zero-order chi connectivity index (χ0) is 19.5. The van der Waals surface area contributed by atoms with Crippen LogP contribution < -0.4 is 10.9 Å². The van der Waals surface area contributed by atoms with Crippen LogP contribution in [-0.2, 0) is 5.41 Å². The quantitative estimate of drug-likeness (QED) is 0.621. The Morgan fingerprint density at radius 2 is 1.58 bits per heavy atom. The van der Waals surface area contributed by atoms with E-state index in [9.17, 15) is 25.0 Å². The van der Waals surface area contributed by atoms with Gasteiger partial charge in [-0.3, -0.25) is 35.9 Å². The molecule has 9 heteroatoms. The Bertz CT molecular complexity index is 856. The molecule has 0 bridgehead atoms. The first kappa shape index (κ1) is 18.8. The standard InChI is InChI=1S/C17H18N4O5/c1-17(2,3)12-6-4-11(5-7-12)16(22)19-18-14-9-8-13(20(23)24)10-15(14)21(25)26/h4-10,18H,1-3H3,(H,19,22). The van der Waals surface area contributed by atoms with Gasteiger partial charge in [-0.05, 0) is 29.2 Å². The first-order valence-electron chi connectivity index (χ1n) is 7.69. The molecule has 0 atom stereocenters. The second-order valence-electron chi connectivity index (χ2n) is 6.62. The van der Waals surface area contributed by atoms with Gasteiger partial charge in [0.2, 0.25) is 0 Å². The van der Waals surface area contributed by atoms with Gasteiger partial charge in [-0.1, -0.05) is 32.9 Å². The summed E-state index contributed by atoms with van der Waals surface area (Å²) in [6.07, 6.45) is 0. The highest BCUT2D eigenvalue weighted by molar-refractivity contribution is 5.95. The number of carbonyl (C=O) groups excluding carboxylic acids is 1. The van der Waals surface area contributed by atoms with E-state index in [-0.39, 0.29) is 11.1 Å². The number of benzene rings is 2. The third kappa shape index (κ3) is 4.32. The van der Waals surface area contributed by atoms with Gasteiger partial charge in [0, 0.05) is 11.6 Å². The van der Waals surface area contributed by atoms with Crippen molar-refractivity contribution in [2.75, 3.05) is 5.43 Å². The third-order valence-electron chi connectivity index (χ3n) is 3.71. The molecule has 0 saturated heterocycles. The lowest BCUT2D eigenvalue weighted by molar-refractivity contribution is -0.393. The number of carbonyl (C=O) groups is 1. The molecule has 26 heavy (non-hydrogen) atoms. The minimum absolute atomic E-state index is 0.0490. The molecule has 0 aliphatic rings. The average Bonchev–Trinajstić information content (AvgIpc) is 2.58. The number of anilines is 1. The van der Waals surface area contributed by atoms with Crippen LogP contribution in [0.2, 0.25) is 0 Å². The number of hydrogen-bond acceptors (Lipinski definition) is 6. The van der Waals surface area contributed by atoms with Crippen LogP contribution in [0.15, 0.2) is 42.5 Å². The highest BCUT2D eigenvalue weighted by atomic mass is 16.6. The summed E-state index contributed by atoms with van der Waals surface area (Å²) in [5.74, 6) is -0.488. The fourth-order valence-electron chi connectivity index (χ4n) is 2.21. The summed E-state index contributed by atoms with van der Waals surface area (Å²) in [6, 6.07) is 10.1. The van der Waals surface area contributed by atoms with E-state index in [1.165, 1.54) is 6.07 Å². The fourth-order valence-corrected chi connectivity index (χ4v) is 2.21. The molecule has 0 fully saturated rings. The largest absolute Gasteiger partial charge is 0.300 e. The van der Waals surface area contributed by atoms with Gasteiger partial charge >= 0.3 is 5.69 Å². The minimum atomic E-state index is -0.764. The molecule has 136 valence electrons. The maximum absolute atomic E-state index is 12.2. The second kappa shape index (κ2) is 7.18. The smallest absolute Gasteiger partial charge is 0.292 e. The summed E-state index contributed by atoms with van der Waals surface area (Å²) in [5, 5.41) is 21.8. The number of nitrogens with one attached hydrogen (secondary N) is 2. The first-order valence-corrected chi connectivity index (χ1v) is 7.69. The molecule has 0 radical (unpaired) electrons. The lowest BCUT2D eigenvalue weighted by Gasteiger charge is -2.19. The Hall–Kier alpha value is -3.49. The number of nitrogens with zero attached hydrogens (tertiary/aromatic N) is 2. The fraction of sp³-hybridized carbons (Fsp3) is 0.235. The number of nitro benzene ring substituents is 2. The molecule has 1 amide bonds. The Balaban J connectivity index is 2.14. The first-order chi connectivity index (χ1) is 12.1. The van der Waals surface area contributed by atoms with Gasteiger partial charge in [0.1, 0.15) is 5.69 Å². The molecular formula is C17H18N4O5. The molecule has 9 nitrogen and oxygen atoms in total. The third-order valence-corrected chi connectivity index (χ3v) is 3.71. The predicted octanol–water partition coefficient (Wildman–Crippen LogP) is 3.56. The van der Waals surface area contributed by atoms with Gasteiger partial charge in [-0.15, -0.1) is 0 Å². The van der Waals surface area contributed by atoms with E-state index in [2.05, 4.69) is 31.6 Å². The average molecular weight is 358 g/mol. The van der Waals surface area contributed by atoms with Crippen LogP contribution >= 0.6 is 0 Å². The van der Waals surface area contributed by atoms with E-state index in [1.54, 1.807) is 12.1 Å². The van der Waals surface area contributed by atoms with Gasteiger partial charge in [-0.25, -0.2) is 0 Å². The highest BCUT2D eigenvalue weighted by Gasteiger charge is 2.20. The van der Waals surface area contributed by atoms with Gasteiger partial charge in [0.15, 0.2) is 0 Å². The van der Waals surface area contributed by atoms with E-state index < -0.39 is 27.1 Å². The zero-order valence-corrected chi connectivity index (χ0v) is 14.5. The van der Waals surface area contributed by atoms with Crippen molar-refractivity contribution < 1.29 is 14.6 Å². The van der Waals surface area contributed by atoms with Gasteiger partial charge in [-0.2, -0.15) is 0 Å². The monoisotopic (exact) mass is 358 g/mol. The van der Waals surface area contributed by atoms with E-state index in [4.69, 9.17) is 0 Å². The van der Waals surface area contributed by atoms with Crippen molar-refractivity contribution in [3.63, 3.8) is 0 Å². The summed E-state index contributed by atoms with van der Waals surface area (Å²) in [5.41, 5.74) is 5.20. The Morgan fingerprint density at radius 3 is 2.08 bits per heavy atom. The normalized spacial score (nSPS) is 10.9. The van der Waals surface area contributed by atoms with Crippen molar-refractivity contribution in [3.8, 4) is 0 Å². The molecule has 2 aromatic rings. The van der Waals surface area contributed by atoms with Crippen LogP contribution in [0.4, 0.5) is 17.1 Å². The molecule has 0 saturated carbocycles. The van der Waals surface area contributed by atoms with Gasteiger partial charge < -0.3 is 0 Å². The molecule has 2 rings (SSSR count). The number of non-ortho nitro benzene ring substituents is 1. The molecular weight excluding hydrogens is 340 g/mol. The molecule has 0 heterocycles. The maximum atomic E-state index is 12.2. The topological polar surface area (TPSA) is 127 Å². The van der Waals surface area contributed by atoms with E-state index in [0.29, 0.717) is 5.56 Å². The summed E-state index contributed by atoms with van der Waals surface area (Å²) in [7, 11) is 0. The van der Waals surface area contributed by atoms with Crippen molar-refractivity contribution in [1.82, 2.24) is 5.43 Å². The SMILES string of the molecule is CC(C)(C)c1ccc(C(=O)NNc2ccc([N+](=O)[O-])cc2[N+](=O)[O-])cc1. The maximum Gasteiger partial charge on any atom is 0.300 e. The van der Waals surface area contributed by atoms with Crippen molar-refractivity contribution in [2.24, 2.45) is 0 Å². The van der Waals surface area contributed by atoms with Crippen LogP contribution in [0, 0.1) is 20.2 Å². The van der Waals surface area contributed by atoms with Crippen molar-refractivity contribution in [1.29, 1.82) is 0 Å². The molecule has 0 aromatic heterocycles. The van der Waals surface area contributed by atoms with E-state index in [1.807, 2.05) is 12.1 Å². The molecule has 2 aromatic carbocycles. The lowest BCUT2D eigenvalue weighted by atomic mass is 9.87. The van der Waals surface area contributed by atoms with Crippen molar-refractivity contribution in [3.05, 3.63) is 73.8 Å².